The fourth-order valence-electron chi connectivity index (χ4n) is 6.85. The summed E-state index contributed by atoms with van der Waals surface area (Å²) in [6.45, 7) is 4.58. The van der Waals surface area contributed by atoms with Gasteiger partial charge in [0.1, 0.15) is 5.52 Å². The van der Waals surface area contributed by atoms with Gasteiger partial charge in [-0.15, -0.1) is 0 Å². The van der Waals surface area contributed by atoms with Crippen LogP contribution in [0.15, 0.2) is 138 Å². The molecule has 1 aliphatic rings. The van der Waals surface area contributed by atoms with Crippen LogP contribution in [0.1, 0.15) is 25.0 Å². The van der Waals surface area contributed by atoms with E-state index in [9.17, 15) is 0 Å². The first-order valence-electron chi connectivity index (χ1n) is 15.5. The summed E-state index contributed by atoms with van der Waals surface area (Å²) < 4.78 is 6.48. The van der Waals surface area contributed by atoms with E-state index in [1.54, 1.807) is 0 Å². The van der Waals surface area contributed by atoms with E-state index < -0.39 is 0 Å². The Hall–Kier alpha value is -5.94. The molecule has 9 rings (SSSR count). The molecule has 0 spiro atoms. The fraction of sp³-hybridized carbons (Fsp3) is 0.0732. The van der Waals surface area contributed by atoms with E-state index in [1.165, 1.54) is 22.3 Å². The quantitative estimate of drug-likeness (QED) is 0.203. The number of nitrogens with zero attached hydrogens (tertiary/aromatic N) is 4. The molecule has 0 radical (unpaired) electrons. The van der Waals surface area contributed by atoms with Crippen LogP contribution in [0.5, 0.6) is 0 Å². The Kier molecular flexibility index (Phi) is 5.78. The number of oxazole rings is 1. The van der Waals surface area contributed by atoms with E-state index in [-0.39, 0.29) is 5.41 Å². The van der Waals surface area contributed by atoms with Gasteiger partial charge in [0.05, 0.1) is 0 Å². The molecule has 46 heavy (non-hydrogen) atoms. The van der Waals surface area contributed by atoms with E-state index >= 15 is 0 Å². The van der Waals surface area contributed by atoms with Crippen molar-refractivity contribution in [3.63, 3.8) is 0 Å². The number of rotatable bonds is 4. The van der Waals surface area contributed by atoms with Gasteiger partial charge in [0.25, 0.3) is 0 Å². The smallest absolute Gasteiger partial charge is 0.227 e. The van der Waals surface area contributed by atoms with Gasteiger partial charge < -0.3 is 4.42 Å². The maximum Gasteiger partial charge on any atom is 0.227 e. The Morgan fingerprint density at radius 3 is 1.93 bits per heavy atom. The minimum atomic E-state index is -0.0755. The normalized spacial score (nSPS) is 13.2. The van der Waals surface area contributed by atoms with E-state index in [0.29, 0.717) is 28.9 Å². The largest absolute Gasteiger partial charge is 0.435 e. The van der Waals surface area contributed by atoms with Gasteiger partial charge in [0, 0.05) is 33.1 Å². The van der Waals surface area contributed by atoms with Crippen LogP contribution in [0, 0.1) is 0 Å². The number of hydrogen-bond donors (Lipinski definition) is 0. The van der Waals surface area contributed by atoms with Crippen molar-refractivity contribution >= 4 is 21.9 Å². The molecule has 2 aromatic heterocycles. The van der Waals surface area contributed by atoms with Crippen molar-refractivity contribution in [1.29, 1.82) is 0 Å². The molecular weight excluding hydrogens is 564 g/mol. The minimum absolute atomic E-state index is 0.0755. The zero-order valence-corrected chi connectivity index (χ0v) is 25.4. The summed E-state index contributed by atoms with van der Waals surface area (Å²) in [5.41, 5.74) is 10.2. The summed E-state index contributed by atoms with van der Waals surface area (Å²) >= 11 is 0. The van der Waals surface area contributed by atoms with Crippen molar-refractivity contribution in [2.75, 3.05) is 0 Å². The Morgan fingerprint density at radius 2 is 1.13 bits per heavy atom. The first kappa shape index (κ1) is 26.5. The molecule has 0 N–H and O–H groups in total. The van der Waals surface area contributed by atoms with E-state index in [1.807, 2.05) is 72.8 Å². The molecule has 0 amide bonds. The molecule has 0 bridgehead atoms. The average Bonchev–Trinajstić information content (AvgIpc) is 3.65. The molecule has 6 aromatic carbocycles. The molecule has 0 saturated heterocycles. The molecule has 0 saturated carbocycles. The highest BCUT2D eigenvalue weighted by Gasteiger charge is 2.35. The predicted molar refractivity (Wildman–Crippen MR) is 184 cm³/mol. The summed E-state index contributed by atoms with van der Waals surface area (Å²) in [6, 6.07) is 45.6. The SMILES string of the molecule is CC1(C)c2ccccc2-c2cc(-c3nc(-c4ccccc4)nc(-c4cccc5ccc6nc(-c7ccccc7)oc6c45)n3)ccc21. The topological polar surface area (TPSA) is 64.7 Å². The lowest BCUT2D eigenvalue weighted by atomic mass is 9.82. The van der Waals surface area contributed by atoms with Gasteiger partial charge >= 0.3 is 0 Å². The molecule has 2 heterocycles. The number of fused-ring (bicyclic) bond motifs is 6. The number of benzene rings is 6. The van der Waals surface area contributed by atoms with Crippen LogP contribution in [0.3, 0.4) is 0 Å². The van der Waals surface area contributed by atoms with Crippen LogP contribution in [-0.2, 0) is 5.41 Å². The van der Waals surface area contributed by atoms with Crippen molar-refractivity contribution in [3.05, 3.63) is 145 Å². The highest BCUT2D eigenvalue weighted by Crippen LogP contribution is 2.49. The molecule has 5 nitrogen and oxygen atoms in total. The second-order valence-electron chi connectivity index (χ2n) is 12.3. The summed E-state index contributed by atoms with van der Waals surface area (Å²) in [6.07, 6.45) is 0. The van der Waals surface area contributed by atoms with Gasteiger partial charge in [-0.3, -0.25) is 0 Å². The average molecular weight is 593 g/mol. The number of hydrogen-bond acceptors (Lipinski definition) is 5. The van der Waals surface area contributed by atoms with E-state index in [2.05, 4.69) is 74.5 Å². The molecule has 218 valence electrons. The maximum absolute atomic E-state index is 6.48. The highest BCUT2D eigenvalue weighted by molar-refractivity contribution is 6.10. The Morgan fingerprint density at radius 1 is 0.478 bits per heavy atom. The first-order valence-corrected chi connectivity index (χ1v) is 15.5. The highest BCUT2D eigenvalue weighted by atomic mass is 16.3. The minimum Gasteiger partial charge on any atom is -0.435 e. The molecule has 0 atom stereocenters. The van der Waals surface area contributed by atoms with Crippen molar-refractivity contribution in [2.24, 2.45) is 0 Å². The van der Waals surface area contributed by atoms with Gasteiger partial charge in [-0.05, 0) is 51.9 Å². The van der Waals surface area contributed by atoms with Crippen LogP contribution >= 0.6 is 0 Å². The molecule has 0 unspecified atom stereocenters. The van der Waals surface area contributed by atoms with Crippen molar-refractivity contribution in [3.8, 4) is 56.7 Å². The first-order chi connectivity index (χ1) is 22.5. The second-order valence-corrected chi connectivity index (χ2v) is 12.3. The Labute approximate surface area is 266 Å². The second kappa shape index (κ2) is 10.0. The van der Waals surface area contributed by atoms with Crippen LogP contribution in [0.4, 0.5) is 0 Å². The summed E-state index contributed by atoms with van der Waals surface area (Å²) in [5, 5.41) is 1.95. The third kappa shape index (κ3) is 4.09. The van der Waals surface area contributed by atoms with Gasteiger partial charge in [-0.25, -0.2) is 19.9 Å². The predicted octanol–water partition coefficient (Wildman–Crippen LogP) is 10.1. The van der Waals surface area contributed by atoms with Gasteiger partial charge in [-0.1, -0.05) is 123 Å². The maximum atomic E-state index is 6.48. The van der Waals surface area contributed by atoms with Crippen LogP contribution < -0.4 is 0 Å². The van der Waals surface area contributed by atoms with E-state index in [0.717, 1.165) is 38.5 Å². The lowest BCUT2D eigenvalue weighted by Gasteiger charge is -2.21. The number of aromatic nitrogens is 4. The molecule has 1 aliphatic carbocycles. The van der Waals surface area contributed by atoms with Crippen LogP contribution in [0.25, 0.3) is 78.6 Å². The molecule has 0 fully saturated rings. The summed E-state index contributed by atoms with van der Waals surface area (Å²) in [5.74, 6) is 2.41. The van der Waals surface area contributed by atoms with Crippen molar-refractivity contribution in [1.82, 2.24) is 19.9 Å². The van der Waals surface area contributed by atoms with Crippen LogP contribution in [-0.4, -0.2) is 19.9 Å². The fourth-order valence-corrected chi connectivity index (χ4v) is 6.85. The summed E-state index contributed by atoms with van der Waals surface area (Å²) in [7, 11) is 0. The molecule has 8 aromatic rings. The van der Waals surface area contributed by atoms with Crippen molar-refractivity contribution in [2.45, 2.75) is 19.3 Å². The monoisotopic (exact) mass is 592 g/mol. The molecule has 5 heteroatoms. The van der Waals surface area contributed by atoms with Gasteiger partial charge in [0.2, 0.25) is 5.89 Å². The van der Waals surface area contributed by atoms with Crippen molar-refractivity contribution < 1.29 is 4.42 Å². The third-order valence-electron chi connectivity index (χ3n) is 9.17. The Balaban J connectivity index is 1.27. The lowest BCUT2D eigenvalue weighted by Crippen LogP contribution is -2.14. The standard InChI is InChI=1S/C41H28N4O/c1-41(2)32-19-10-9-17-29(32)31-24-28(20-22-33(31)41)38-43-37(26-12-5-3-6-13-26)44-39(45-38)30-18-11-16-25-21-23-34-36(35(25)30)46-40(42-34)27-14-7-4-8-15-27/h3-24H,1-2H3. The van der Waals surface area contributed by atoms with Gasteiger partial charge in [0.15, 0.2) is 23.1 Å². The van der Waals surface area contributed by atoms with Crippen LogP contribution in [0.2, 0.25) is 0 Å². The lowest BCUT2D eigenvalue weighted by molar-refractivity contribution is 0.623. The van der Waals surface area contributed by atoms with Gasteiger partial charge in [-0.2, -0.15) is 0 Å². The third-order valence-corrected chi connectivity index (χ3v) is 9.17. The Bertz CT molecular complexity index is 2450. The zero-order valence-electron chi connectivity index (χ0n) is 25.4. The van der Waals surface area contributed by atoms with E-state index in [4.69, 9.17) is 24.4 Å². The molecule has 0 aliphatic heterocycles. The molecular formula is C41H28N4O. The summed E-state index contributed by atoms with van der Waals surface area (Å²) in [4.78, 5) is 20.1. The zero-order chi connectivity index (χ0) is 30.8.